The molecular formula is H10NNaO8S2. The monoisotopic (exact) mass is 239 g/mol. The first-order valence-corrected chi connectivity index (χ1v) is 3.69. The summed E-state index contributed by atoms with van der Waals surface area (Å²) in [6.45, 7) is 0. The Balaban J connectivity index is -0.0000000146. The minimum Gasteiger partial charge on any atom is -1.00 e. The van der Waals surface area contributed by atoms with E-state index in [9.17, 15) is 0 Å². The van der Waals surface area contributed by atoms with Gasteiger partial charge in [0.15, 0.2) is 0 Å². The van der Waals surface area contributed by atoms with Gasteiger partial charge in [0.2, 0.25) is 0 Å². The van der Waals surface area contributed by atoms with Gasteiger partial charge in [-0.3, -0.25) is 18.2 Å². The third-order valence-electron chi connectivity index (χ3n) is 0. The van der Waals surface area contributed by atoms with E-state index in [-0.39, 0.29) is 42.6 Å². The van der Waals surface area contributed by atoms with Crippen molar-refractivity contribution in [2.24, 2.45) is 0 Å². The van der Waals surface area contributed by atoms with Gasteiger partial charge in [-0.1, -0.05) is 0 Å². The van der Waals surface area contributed by atoms with Crippen LogP contribution in [0.2, 0.25) is 0 Å². The van der Waals surface area contributed by atoms with Crippen LogP contribution in [0, 0.1) is 0 Å². The van der Waals surface area contributed by atoms with Crippen LogP contribution in [-0.2, 0) is 21.8 Å². The van der Waals surface area contributed by atoms with Crippen LogP contribution in [0.1, 0.15) is 1.43 Å². The van der Waals surface area contributed by atoms with E-state index >= 15 is 0 Å². The first-order valence-electron chi connectivity index (χ1n) is 1.23. The smallest absolute Gasteiger partial charge is 1.00 e. The second kappa shape index (κ2) is 14.4. The van der Waals surface area contributed by atoms with E-state index in [0.29, 0.717) is 0 Å². The molecule has 0 heterocycles. The largest absolute Gasteiger partial charge is 1.00 e. The zero-order valence-corrected chi connectivity index (χ0v) is 9.67. The molecule has 76 valence electrons. The fraction of sp³-hybridized carbons (Fsp3) is 0. The maximum atomic E-state index is 8.74. The molecule has 0 saturated heterocycles. The zero-order chi connectivity index (χ0) is 8.08. The van der Waals surface area contributed by atoms with Gasteiger partial charge in [-0.2, -0.15) is 12.6 Å². The SMILES string of the molecule is N.O.O=S(=O)(O)O.O=S(O)O.[H-].[Na+]. The molecule has 12 heteroatoms. The maximum Gasteiger partial charge on any atom is 1.00 e. The van der Waals surface area contributed by atoms with E-state index in [1.165, 1.54) is 0 Å². The van der Waals surface area contributed by atoms with Crippen LogP contribution in [0.3, 0.4) is 0 Å². The second-order valence-electron chi connectivity index (χ2n) is 0.679. The fourth-order valence-electron chi connectivity index (χ4n) is 0. The number of rotatable bonds is 0. The minimum absolute atomic E-state index is 0. The van der Waals surface area contributed by atoms with Gasteiger partial charge in [-0.15, -0.1) is 0 Å². The van der Waals surface area contributed by atoms with Crippen LogP contribution in [0.15, 0.2) is 0 Å². The summed E-state index contributed by atoms with van der Waals surface area (Å²) < 4.78 is 54.4. The summed E-state index contributed by atoms with van der Waals surface area (Å²) in [5.74, 6) is 0. The summed E-state index contributed by atoms with van der Waals surface area (Å²) in [6, 6.07) is 0. The van der Waals surface area contributed by atoms with Crippen molar-refractivity contribution < 1.29 is 67.3 Å². The normalized spacial score (nSPS) is 7.75. The molecule has 9 N–H and O–H groups in total. The minimum atomic E-state index is -4.67. The third-order valence-corrected chi connectivity index (χ3v) is 0. The molecule has 0 bridgehead atoms. The topological polar surface area (TPSA) is 199 Å². The quantitative estimate of drug-likeness (QED) is 0.158. The second-order valence-corrected chi connectivity index (χ2v) is 2.04. The Morgan fingerprint density at radius 1 is 1.17 bits per heavy atom. The summed E-state index contributed by atoms with van der Waals surface area (Å²) in [5.41, 5.74) is 0. The maximum absolute atomic E-state index is 8.74. The van der Waals surface area contributed by atoms with Gasteiger partial charge < -0.3 is 13.1 Å². The molecule has 0 radical (unpaired) electrons. The van der Waals surface area contributed by atoms with Crippen molar-refractivity contribution in [3.63, 3.8) is 0 Å². The van der Waals surface area contributed by atoms with Crippen LogP contribution in [0.5, 0.6) is 0 Å². The summed E-state index contributed by atoms with van der Waals surface area (Å²) >= 11 is -2.61. The molecule has 0 fully saturated rings. The van der Waals surface area contributed by atoms with E-state index in [4.69, 9.17) is 30.8 Å². The van der Waals surface area contributed by atoms with Gasteiger partial charge in [0.05, 0.1) is 0 Å². The molecule has 0 saturated carbocycles. The summed E-state index contributed by atoms with van der Waals surface area (Å²) in [6.07, 6.45) is 0. The Kier molecular flexibility index (Phi) is 35.1. The van der Waals surface area contributed by atoms with Crippen molar-refractivity contribution in [3.8, 4) is 0 Å². The molecule has 0 spiro atoms. The zero-order valence-electron chi connectivity index (χ0n) is 7.04. The predicted molar refractivity (Wildman–Crippen MR) is 37.3 cm³/mol. The molecule has 0 amide bonds. The van der Waals surface area contributed by atoms with Gasteiger partial charge in [-0.05, 0) is 0 Å². The third kappa shape index (κ3) is 1430. The van der Waals surface area contributed by atoms with Crippen molar-refractivity contribution in [2.45, 2.75) is 0 Å². The van der Waals surface area contributed by atoms with Crippen molar-refractivity contribution in [2.75, 3.05) is 0 Å². The van der Waals surface area contributed by atoms with Crippen LogP contribution in [-0.4, -0.2) is 36.3 Å². The van der Waals surface area contributed by atoms with E-state index in [2.05, 4.69) is 0 Å². The first-order chi connectivity index (χ1) is 3.73. The van der Waals surface area contributed by atoms with E-state index in [0.717, 1.165) is 0 Å². The molecule has 0 aromatic carbocycles. The van der Waals surface area contributed by atoms with Gasteiger partial charge in [-0.25, -0.2) is 0 Å². The van der Waals surface area contributed by atoms with E-state index in [1.807, 2.05) is 0 Å². The van der Waals surface area contributed by atoms with Gasteiger partial charge >= 0.3 is 40.0 Å². The molecule has 0 unspecified atom stereocenters. The van der Waals surface area contributed by atoms with E-state index < -0.39 is 21.8 Å². The van der Waals surface area contributed by atoms with Crippen molar-refractivity contribution >= 4 is 21.8 Å². The van der Waals surface area contributed by atoms with Gasteiger partial charge in [0, 0.05) is 0 Å². The van der Waals surface area contributed by atoms with Crippen LogP contribution in [0.25, 0.3) is 0 Å². The summed E-state index contributed by atoms with van der Waals surface area (Å²) in [4.78, 5) is 0. The first kappa shape index (κ1) is 29.3. The van der Waals surface area contributed by atoms with Crippen molar-refractivity contribution in [3.05, 3.63) is 0 Å². The van der Waals surface area contributed by atoms with Crippen LogP contribution in [0.4, 0.5) is 0 Å². The van der Waals surface area contributed by atoms with Crippen molar-refractivity contribution in [1.29, 1.82) is 0 Å². The van der Waals surface area contributed by atoms with Crippen LogP contribution >= 0.6 is 0 Å². The Morgan fingerprint density at radius 3 is 1.17 bits per heavy atom. The molecule has 0 atom stereocenters. The average Bonchev–Trinajstić information content (AvgIpc) is 1.19. The molecular weight excluding hydrogens is 229 g/mol. The predicted octanol–water partition coefficient (Wildman–Crippen LogP) is -4.52. The number of hydrogen-bond donors (Lipinski definition) is 5. The summed E-state index contributed by atoms with van der Waals surface area (Å²) in [5, 5.41) is 0. The molecule has 0 aliphatic heterocycles. The van der Waals surface area contributed by atoms with Gasteiger partial charge in [0.25, 0.3) is 11.4 Å². The van der Waals surface area contributed by atoms with Crippen LogP contribution < -0.4 is 35.7 Å². The Morgan fingerprint density at radius 2 is 1.17 bits per heavy atom. The molecule has 12 heavy (non-hydrogen) atoms. The Bertz CT molecular complexity index is 165. The molecule has 0 aliphatic rings. The molecule has 0 aromatic heterocycles. The average molecular weight is 239 g/mol. The van der Waals surface area contributed by atoms with Crippen molar-refractivity contribution in [1.82, 2.24) is 6.15 Å². The molecule has 0 aliphatic carbocycles. The number of hydrogen-bond acceptors (Lipinski definition) is 4. The Hall–Kier alpha value is 0.860. The molecule has 0 rings (SSSR count). The molecule has 9 nitrogen and oxygen atoms in total. The van der Waals surface area contributed by atoms with E-state index in [1.54, 1.807) is 0 Å². The summed E-state index contributed by atoms with van der Waals surface area (Å²) in [7, 11) is -4.67. The standard InChI is InChI=1S/H3N.Na.H2O4S.H2O3S.H2O.H/c;;1-5(2,3)4;1-4(2)3;;/h1H3;;(H2,1,2,3,4);(H2,1,2,3);1H2;/q;+1;;;;-1. The fourth-order valence-corrected chi connectivity index (χ4v) is 0. The molecule has 0 aromatic rings. The Labute approximate surface area is 94.9 Å². The van der Waals surface area contributed by atoms with Gasteiger partial charge in [0.1, 0.15) is 0 Å².